The molecule has 2 aromatic rings. The van der Waals surface area contributed by atoms with E-state index in [1.54, 1.807) is 30.3 Å². The number of ketones is 1. The van der Waals surface area contributed by atoms with E-state index in [1.165, 1.54) is 16.2 Å². The van der Waals surface area contributed by atoms with E-state index in [4.69, 9.17) is 0 Å². The van der Waals surface area contributed by atoms with Gasteiger partial charge in [-0.15, -0.1) is 11.3 Å². The highest BCUT2D eigenvalue weighted by molar-refractivity contribution is 9.11. The number of thiophene rings is 1. The summed E-state index contributed by atoms with van der Waals surface area (Å²) in [5, 5.41) is 10.9. The zero-order valence-corrected chi connectivity index (χ0v) is 14.3. The smallest absolute Gasteiger partial charge is 0.264 e. The molecule has 6 heteroatoms. The summed E-state index contributed by atoms with van der Waals surface area (Å²) < 4.78 is 0.844. The Bertz CT molecular complexity index is 757. The summed E-state index contributed by atoms with van der Waals surface area (Å²) in [7, 11) is 0. The number of hydrogen-bond acceptors (Lipinski definition) is 4. The van der Waals surface area contributed by atoms with Gasteiger partial charge in [0.05, 0.1) is 20.8 Å². The first kappa shape index (κ1) is 15.4. The van der Waals surface area contributed by atoms with Gasteiger partial charge in [-0.25, -0.2) is 0 Å². The van der Waals surface area contributed by atoms with Crippen LogP contribution in [0.4, 0.5) is 5.69 Å². The normalized spacial score (nSPS) is 20.3. The van der Waals surface area contributed by atoms with Gasteiger partial charge in [0.2, 0.25) is 0 Å². The fraction of sp³-hybridized carbons (Fsp3) is 0.250. The van der Waals surface area contributed by atoms with Gasteiger partial charge >= 0.3 is 0 Å². The van der Waals surface area contributed by atoms with Crippen LogP contribution in [0.25, 0.3) is 0 Å². The molecule has 0 aliphatic carbocycles. The van der Waals surface area contributed by atoms with Crippen LogP contribution in [0.15, 0.2) is 40.2 Å². The van der Waals surface area contributed by atoms with Gasteiger partial charge in [-0.2, -0.15) is 0 Å². The first-order chi connectivity index (χ1) is 10.5. The lowest BCUT2D eigenvalue weighted by Gasteiger charge is -2.21. The predicted octanol–water partition coefficient (Wildman–Crippen LogP) is 3.34. The highest BCUT2D eigenvalue weighted by atomic mass is 79.9. The van der Waals surface area contributed by atoms with Crippen LogP contribution in [0.1, 0.15) is 28.6 Å². The largest absolute Gasteiger partial charge is 0.375 e. The fourth-order valence-electron chi connectivity index (χ4n) is 2.78. The number of nitrogens with zero attached hydrogens (tertiary/aromatic N) is 1. The van der Waals surface area contributed by atoms with Crippen molar-refractivity contribution in [1.82, 2.24) is 0 Å². The molecule has 0 saturated carbocycles. The second kappa shape index (κ2) is 5.61. The highest BCUT2D eigenvalue weighted by Crippen LogP contribution is 2.43. The molecule has 3 rings (SSSR count). The average molecular weight is 380 g/mol. The number of anilines is 1. The Hall–Kier alpha value is -1.50. The fourth-order valence-corrected chi connectivity index (χ4v) is 4.10. The summed E-state index contributed by atoms with van der Waals surface area (Å²) in [6, 6.07) is 10.6. The van der Waals surface area contributed by atoms with Crippen molar-refractivity contribution in [2.45, 2.75) is 18.9 Å². The van der Waals surface area contributed by atoms with Gasteiger partial charge in [0, 0.05) is 12.1 Å². The van der Waals surface area contributed by atoms with Crippen molar-refractivity contribution in [1.29, 1.82) is 0 Å². The summed E-state index contributed by atoms with van der Waals surface area (Å²) >= 11 is 4.61. The zero-order chi connectivity index (χ0) is 15.9. The van der Waals surface area contributed by atoms with Gasteiger partial charge < -0.3 is 10.0 Å². The Labute approximate surface area is 140 Å². The second-order valence-electron chi connectivity index (χ2n) is 5.13. The first-order valence-electron chi connectivity index (χ1n) is 6.89. The third-order valence-corrected chi connectivity index (χ3v) is 5.48. The Morgan fingerprint density at radius 2 is 2.05 bits per heavy atom. The summed E-state index contributed by atoms with van der Waals surface area (Å²) in [5.41, 5.74) is -0.594. The van der Waals surface area contributed by atoms with Crippen LogP contribution in [0, 0.1) is 0 Å². The van der Waals surface area contributed by atoms with Crippen molar-refractivity contribution in [2.75, 3.05) is 11.4 Å². The van der Waals surface area contributed by atoms with Gasteiger partial charge in [0.1, 0.15) is 0 Å². The monoisotopic (exact) mass is 379 g/mol. The Balaban J connectivity index is 1.98. The topological polar surface area (TPSA) is 57.6 Å². The lowest BCUT2D eigenvalue weighted by atomic mass is 9.89. The minimum Gasteiger partial charge on any atom is -0.375 e. The molecule has 4 nitrogen and oxygen atoms in total. The molecule has 1 N–H and O–H groups in total. The van der Waals surface area contributed by atoms with Gasteiger partial charge in [-0.3, -0.25) is 9.59 Å². The number of fused-ring (bicyclic) bond motifs is 1. The van der Waals surface area contributed by atoms with E-state index in [9.17, 15) is 14.7 Å². The van der Waals surface area contributed by atoms with Crippen LogP contribution in [0.3, 0.4) is 0 Å². The number of para-hydroxylation sites is 1. The molecule has 1 aromatic carbocycles. The molecular formula is C16H14BrNO3S. The SMILES string of the molecule is CCN1C(=O)C(O)(CC(=O)c2ccc(Br)s2)c2ccccc21. The van der Waals surface area contributed by atoms with E-state index in [0.717, 1.165) is 3.79 Å². The van der Waals surface area contributed by atoms with E-state index in [1.807, 2.05) is 13.0 Å². The zero-order valence-electron chi connectivity index (χ0n) is 11.9. The number of carbonyl (C=O) groups is 2. The molecule has 1 unspecified atom stereocenters. The number of Topliss-reactive ketones (excluding diaryl/α,β-unsaturated/α-hetero) is 1. The maximum absolute atomic E-state index is 12.6. The van der Waals surface area contributed by atoms with E-state index < -0.39 is 11.5 Å². The number of rotatable bonds is 4. The molecule has 1 atom stereocenters. The van der Waals surface area contributed by atoms with E-state index >= 15 is 0 Å². The van der Waals surface area contributed by atoms with E-state index in [-0.39, 0.29) is 12.2 Å². The van der Waals surface area contributed by atoms with Crippen molar-refractivity contribution >= 4 is 44.6 Å². The Kier molecular flexibility index (Phi) is 3.92. The van der Waals surface area contributed by atoms with Crippen LogP contribution in [0.2, 0.25) is 0 Å². The third-order valence-electron chi connectivity index (χ3n) is 3.82. The molecule has 0 spiro atoms. The van der Waals surface area contributed by atoms with Crippen LogP contribution >= 0.6 is 27.3 Å². The van der Waals surface area contributed by atoms with Crippen molar-refractivity contribution in [3.8, 4) is 0 Å². The number of benzene rings is 1. The van der Waals surface area contributed by atoms with E-state index in [2.05, 4.69) is 15.9 Å². The average Bonchev–Trinajstić information content (AvgIpc) is 3.02. The van der Waals surface area contributed by atoms with Gasteiger partial charge in [0.25, 0.3) is 5.91 Å². The van der Waals surface area contributed by atoms with Gasteiger partial charge in [-0.1, -0.05) is 18.2 Å². The van der Waals surface area contributed by atoms with Gasteiger partial charge in [0.15, 0.2) is 11.4 Å². The molecule has 22 heavy (non-hydrogen) atoms. The molecule has 0 saturated heterocycles. The van der Waals surface area contributed by atoms with Gasteiger partial charge in [-0.05, 0) is 41.1 Å². The maximum Gasteiger partial charge on any atom is 0.264 e. The third kappa shape index (κ3) is 2.31. The van der Waals surface area contributed by atoms with Crippen LogP contribution < -0.4 is 4.90 Å². The summed E-state index contributed by atoms with van der Waals surface area (Å²) in [4.78, 5) is 27.1. The molecule has 0 fully saturated rings. The molecule has 0 bridgehead atoms. The van der Waals surface area contributed by atoms with E-state index in [0.29, 0.717) is 22.7 Å². The molecule has 1 aliphatic heterocycles. The molecule has 1 aromatic heterocycles. The molecule has 114 valence electrons. The Morgan fingerprint density at radius 1 is 1.32 bits per heavy atom. The number of amides is 1. The quantitative estimate of drug-likeness (QED) is 0.828. The lowest BCUT2D eigenvalue weighted by molar-refractivity contribution is -0.135. The molecule has 1 aliphatic rings. The predicted molar refractivity (Wildman–Crippen MR) is 89.3 cm³/mol. The number of carbonyl (C=O) groups excluding carboxylic acids is 2. The van der Waals surface area contributed by atoms with Crippen LogP contribution in [-0.4, -0.2) is 23.3 Å². The molecule has 0 radical (unpaired) electrons. The van der Waals surface area contributed by atoms with Crippen molar-refractivity contribution in [3.05, 3.63) is 50.6 Å². The minimum absolute atomic E-state index is 0.237. The summed E-state index contributed by atoms with van der Waals surface area (Å²) in [6.45, 7) is 2.30. The first-order valence-corrected chi connectivity index (χ1v) is 8.50. The standard InChI is InChI=1S/C16H14BrNO3S/c1-2-18-11-6-4-3-5-10(11)16(21,15(18)20)9-12(19)13-7-8-14(17)22-13/h3-8,21H,2,9H2,1H3. The highest BCUT2D eigenvalue weighted by Gasteiger charge is 2.50. The maximum atomic E-state index is 12.6. The number of aliphatic hydroxyl groups is 1. The van der Waals surface area contributed by atoms with Crippen molar-refractivity contribution in [3.63, 3.8) is 0 Å². The molecule has 1 amide bonds. The van der Waals surface area contributed by atoms with Crippen LogP contribution in [0.5, 0.6) is 0 Å². The number of halogens is 1. The van der Waals surface area contributed by atoms with Crippen LogP contribution in [-0.2, 0) is 10.4 Å². The molecular weight excluding hydrogens is 366 g/mol. The second-order valence-corrected chi connectivity index (χ2v) is 7.59. The number of likely N-dealkylation sites (N-methyl/N-ethyl adjacent to an activating group) is 1. The lowest BCUT2D eigenvalue weighted by Crippen LogP contribution is -2.41. The van der Waals surface area contributed by atoms with Crippen molar-refractivity contribution in [2.24, 2.45) is 0 Å². The molecule has 2 heterocycles. The Morgan fingerprint density at radius 3 is 2.68 bits per heavy atom. The summed E-state index contributed by atoms with van der Waals surface area (Å²) in [6.07, 6.45) is -0.244. The summed E-state index contributed by atoms with van der Waals surface area (Å²) in [5.74, 6) is -0.667. The number of hydrogen-bond donors (Lipinski definition) is 1. The minimum atomic E-state index is -1.78. The van der Waals surface area contributed by atoms with Crippen molar-refractivity contribution < 1.29 is 14.7 Å².